The van der Waals surface area contributed by atoms with Crippen LogP contribution in [0.3, 0.4) is 0 Å². The van der Waals surface area contributed by atoms with Gasteiger partial charge in [0.25, 0.3) is 0 Å². The zero-order chi connectivity index (χ0) is 24.5. The van der Waals surface area contributed by atoms with E-state index in [0.29, 0.717) is 32.0 Å². The largest absolute Gasteiger partial charge is 0.435 e. The van der Waals surface area contributed by atoms with Gasteiger partial charge >= 0.3 is 0 Å². The van der Waals surface area contributed by atoms with E-state index in [1.165, 1.54) is 6.07 Å². The highest BCUT2D eigenvalue weighted by Gasteiger charge is 2.25. The Kier molecular flexibility index (Phi) is 9.39. The summed E-state index contributed by atoms with van der Waals surface area (Å²) < 4.78 is 27.8. The number of para-hydroxylation sites is 2. The van der Waals surface area contributed by atoms with Crippen LogP contribution >= 0.6 is 0 Å². The third-order valence-corrected chi connectivity index (χ3v) is 5.48. The number of halogens is 1. The summed E-state index contributed by atoms with van der Waals surface area (Å²) in [4.78, 5) is 2.14. The molecule has 7 heteroatoms. The summed E-state index contributed by atoms with van der Waals surface area (Å²) in [5.74, 6) is 0.163. The van der Waals surface area contributed by atoms with Gasteiger partial charge in [0, 0.05) is 19.1 Å². The lowest BCUT2D eigenvalue weighted by Crippen LogP contribution is -2.39. The molecule has 0 fully saturated rings. The van der Waals surface area contributed by atoms with Crippen LogP contribution in [0.4, 0.5) is 4.39 Å². The number of hydrogen-bond donors (Lipinski definition) is 1. The number of ether oxygens (including phenoxy) is 2. The van der Waals surface area contributed by atoms with E-state index in [-0.39, 0.29) is 18.4 Å². The standard InChI is InChI=1S/C27H34FN3O3/c1-5-16-33-19-22(32)17-30(20(3)4)18-23-25(6-2)29-31(21-12-8-7-9-13-21)27(23)34-26-15-11-10-14-24(26)28/h5,7-15,20,22,32H,1,6,16-19H2,2-4H3. The van der Waals surface area contributed by atoms with E-state index in [1.54, 1.807) is 29.0 Å². The molecular formula is C27H34FN3O3. The van der Waals surface area contributed by atoms with Gasteiger partial charge in [0.05, 0.1) is 36.3 Å². The minimum atomic E-state index is -0.660. The van der Waals surface area contributed by atoms with E-state index in [4.69, 9.17) is 14.6 Å². The van der Waals surface area contributed by atoms with Gasteiger partial charge in [-0.25, -0.2) is 9.07 Å². The first kappa shape index (κ1) is 25.6. The van der Waals surface area contributed by atoms with Crippen molar-refractivity contribution in [2.75, 3.05) is 19.8 Å². The minimum absolute atomic E-state index is 0.137. The van der Waals surface area contributed by atoms with Crippen LogP contribution in [0, 0.1) is 5.82 Å². The number of aliphatic hydroxyl groups excluding tert-OH is 1. The van der Waals surface area contributed by atoms with E-state index < -0.39 is 11.9 Å². The topological polar surface area (TPSA) is 59.8 Å². The number of rotatable bonds is 13. The number of nitrogens with zero attached hydrogens (tertiary/aromatic N) is 3. The average Bonchev–Trinajstić information content (AvgIpc) is 3.17. The number of aromatic nitrogens is 2. The van der Waals surface area contributed by atoms with Crippen molar-refractivity contribution in [2.24, 2.45) is 0 Å². The fourth-order valence-corrected chi connectivity index (χ4v) is 3.67. The summed E-state index contributed by atoms with van der Waals surface area (Å²) in [6.45, 7) is 11.3. The van der Waals surface area contributed by atoms with Crippen LogP contribution in [-0.4, -0.2) is 51.7 Å². The van der Waals surface area contributed by atoms with Crippen LogP contribution < -0.4 is 4.74 Å². The van der Waals surface area contributed by atoms with Crippen LogP contribution in [0.2, 0.25) is 0 Å². The van der Waals surface area contributed by atoms with E-state index in [1.807, 2.05) is 37.3 Å². The third kappa shape index (κ3) is 6.53. The number of aliphatic hydroxyl groups is 1. The summed E-state index contributed by atoms with van der Waals surface area (Å²) in [5.41, 5.74) is 2.55. The lowest BCUT2D eigenvalue weighted by Gasteiger charge is -2.29. The van der Waals surface area contributed by atoms with Gasteiger partial charge in [-0.05, 0) is 44.5 Å². The predicted octanol–water partition coefficient (Wildman–Crippen LogP) is 5.14. The first-order valence-corrected chi connectivity index (χ1v) is 11.6. The molecule has 3 aromatic rings. The van der Waals surface area contributed by atoms with E-state index in [2.05, 4.69) is 25.3 Å². The van der Waals surface area contributed by atoms with Crippen molar-refractivity contribution in [1.29, 1.82) is 0 Å². The van der Waals surface area contributed by atoms with Gasteiger partial charge in [0.2, 0.25) is 5.88 Å². The summed E-state index contributed by atoms with van der Waals surface area (Å²) in [6, 6.07) is 16.1. The second kappa shape index (κ2) is 12.5. The maximum Gasteiger partial charge on any atom is 0.227 e. The fourth-order valence-electron chi connectivity index (χ4n) is 3.67. The zero-order valence-electron chi connectivity index (χ0n) is 20.2. The second-order valence-electron chi connectivity index (χ2n) is 8.37. The molecule has 3 rings (SSSR count). The Morgan fingerprint density at radius 3 is 2.50 bits per heavy atom. The SMILES string of the molecule is C=CCOCC(O)CN(Cc1c(CC)nn(-c2ccccc2)c1Oc1ccccc1F)C(C)C. The third-order valence-electron chi connectivity index (χ3n) is 5.48. The summed E-state index contributed by atoms with van der Waals surface area (Å²) >= 11 is 0. The highest BCUT2D eigenvalue weighted by molar-refractivity contribution is 5.44. The van der Waals surface area contributed by atoms with E-state index in [0.717, 1.165) is 16.9 Å². The van der Waals surface area contributed by atoms with Crippen molar-refractivity contribution in [3.05, 3.63) is 84.3 Å². The second-order valence-corrected chi connectivity index (χ2v) is 8.37. The molecule has 0 aliphatic carbocycles. The van der Waals surface area contributed by atoms with Crippen molar-refractivity contribution >= 4 is 0 Å². The maximum atomic E-state index is 14.5. The summed E-state index contributed by atoms with van der Waals surface area (Å²) in [5, 5.41) is 15.3. The highest BCUT2D eigenvalue weighted by atomic mass is 19.1. The Labute approximate surface area is 201 Å². The van der Waals surface area contributed by atoms with Gasteiger partial charge in [-0.1, -0.05) is 43.3 Å². The Hall–Kier alpha value is -3.00. The Balaban J connectivity index is 1.99. The normalized spacial score (nSPS) is 12.3. The Morgan fingerprint density at radius 1 is 1.15 bits per heavy atom. The molecule has 0 aliphatic heterocycles. The van der Waals surface area contributed by atoms with Crippen molar-refractivity contribution in [3.63, 3.8) is 0 Å². The van der Waals surface area contributed by atoms with Gasteiger partial charge < -0.3 is 14.6 Å². The molecule has 1 unspecified atom stereocenters. The first-order valence-electron chi connectivity index (χ1n) is 11.6. The average molecular weight is 468 g/mol. The molecule has 0 spiro atoms. The molecular weight excluding hydrogens is 433 g/mol. The predicted molar refractivity (Wildman–Crippen MR) is 132 cm³/mol. The minimum Gasteiger partial charge on any atom is -0.435 e. The zero-order valence-corrected chi connectivity index (χ0v) is 20.2. The van der Waals surface area contributed by atoms with E-state index >= 15 is 0 Å². The van der Waals surface area contributed by atoms with Gasteiger partial charge in [-0.2, -0.15) is 5.10 Å². The molecule has 34 heavy (non-hydrogen) atoms. The molecule has 0 radical (unpaired) electrons. The molecule has 1 aromatic heterocycles. The summed E-state index contributed by atoms with van der Waals surface area (Å²) in [7, 11) is 0. The van der Waals surface area contributed by atoms with Gasteiger partial charge in [0.1, 0.15) is 0 Å². The molecule has 6 nitrogen and oxygen atoms in total. The van der Waals surface area contributed by atoms with Crippen molar-refractivity contribution in [3.8, 4) is 17.3 Å². The van der Waals surface area contributed by atoms with Crippen LogP contribution in [0.1, 0.15) is 32.0 Å². The van der Waals surface area contributed by atoms with Gasteiger partial charge in [0.15, 0.2) is 11.6 Å². The van der Waals surface area contributed by atoms with Crippen molar-refractivity contribution < 1.29 is 19.0 Å². The molecule has 182 valence electrons. The van der Waals surface area contributed by atoms with Gasteiger partial charge in [-0.15, -0.1) is 6.58 Å². The van der Waals surface area contributed by atoms with Crippen LogP contribution in [-0.2, 0) is 17.7 Å². The summed E-state index contributed by atoms with van der Waals surface area (Å²) in [6.07, 6.45) is 1.68. The number of benzene rings is 2. The Bertz CT molecular complexity index is 1050. The molecule has 1 N–H and O–H groups in total. The van der Waals surface area contributed by atoms with E-state index in [9.17, 15) is 9.50 Å². The van der Waals surface area contributed by atoms with Crippen LogP contribution in [0.25, 0.3) is 5.69 Å². The number of aryl methyl sites for hydroxylation is 1. The fraction of sp³-hybridized carbons (Fsp3) is 0.370. The molecule has 0 aliphatic rings. The molecule has 0 bridgehead atoms. The molecule has 0 amide bonds. The number of hydrogen-bond acceptors (Lipinski definition) is 5. The van der Waals surface area contributed by atoms with Crippen LogP contribution in [0.5, 0.6) is 11.6 Å². The highest BCUT2D eigenvalue weighted by Crippen LogP contribution is 2.33. The quantitative estimate of drug-likeness (QED) is 0.279. The van der Waals surface area contributed by atoms with Gasteiger partial charge in [-0.3, -0.25) is 4.90 Å². The molecule has 0 saturated heterocycles. The van der Waals surface area contributed by atoms with Crippen molar-refractivity contribution in [2.45, 2.75) is 45.9 Å². The molecule has 1 atom stereocenters. The lowest BCUT2D eigenvalue weighted by molar-refractivity contribution is 0.0176. The smallest absolute Gasteiger partial charge is 0.227 e. The first-order chi connectivity index (χ1) is 16.4. The molecule has 0 saturated carbocycles. The monoisotopic (exact) mass is 467 g/mol. The lowest BCUT2D eigenvalue weighted by atomic mass is 10.1. The Morgan fingerprint density at radius 2 is 1.85 bits per heavy atom. The van der Waals surface area contributed by atoms with Crippen LogP contribution in [0.15, 0.2) is 67.3 Å². The van der Waals surface area contributed by atoms with Crippen molar-refractivity contribution in [1.82, 2.24) is 14.7 Å². The maximum absolute atomic E-state index is 14.5. The molecule has 2 aromatic carbocycles. The molecule has 1 heterocycles.